The van der Waals surface area contributed by atoms with Crippen LogP contribution in [0.2, 0.25) is 0 Å². The topological polar surface area (TPSA) is 108 Å². The highest BCUT2D eigenvalue weighted by Gasteiger charge is 2.52. The first-order chi connectivity index (χ1) is 14.9. The molecule has 162 valence electrons. The molecule has 0 radical (unpaired) electrons. The lowest BCUT2D eigenvalue weighted by molar-refractivity contribution is -0.146. The molecule has 0 aliphatic rings. The van der Waals surface area contributed by atoms with Gasteiger partial charge in [-0.3, -0.25) is 4.21 Å². The van der Waals surface area contributed by atoms with Crippen LogP contribution in [-0.4, -0.2) is 51.8 Å². The highest BCUT2D eigenvalue weighted by Crippen LogP contribution is 2.40. The molecule has 0 spiro atoms. The maximum absolute atomic E-state index is 13.3. The third-order valence-electron chi connectivity index (χ3n) is 4.75. The van der Waals surface area contributed by atoms with Gasteiger partial charge in [0.15, 0.2) is 0 Å². The largest absolute Gasteiger partial charge is 0.481 e. The average molecular weight is 442 g/mol. The molecule has 1 aromatic heterocycles. The summed E-state index contributed by atoms with van der Waals surface area (Å²) in [5, 5.41) is 10.2. The van der Waals surface area contributed by atoms with Crippen LogP contribution in [-0.2, 0) is 20.3 Å². The Morgan fingerprint density at radius 3 is 1.74 bits per heavy atom. The first-order valence-electron chi connectivity index (χ1n) is 9.24. The van der Waals surface area contributed by atoms with Gasteiger partial charge in [0.25, 0.3) is 0 Å². The van der Waals surface area contributed by atoms with E-state index in [1.54, 1.807) is 60.7 Å². The highest BCUT2D eigenvalue weighted by molar-refractivity contribution is 7.85. The molecule has 0 amide bonds. The smallest absolute Gasteiger partial charge is 0.347 e. The van der Waals surface area contributed by atoms with Gasteiger partial charge in [0.1, 0.15) is 4.75 Å². The summed E-state index contributed by atoms with van der Waals surface area (Å²) >= 11 is 0. The molecule has 0 fully saturated rings. The third kappa shape index (κ3) is 4.36. The summed E-state index contributed by atoms with van der Waals surface area (Å²) in [7, 11) is 1.08. The standard InChI is InChI=1S/C22H22N2O6S/c1-28-17-14-18(29-2)24-21(23-17)30-19(20(25)26)22(31(3)27,15-10-6-4-7-11-15)16-12-8-5-9-13-16/h4-14,19H,1-3H3,(H,25,26). The molecule has 1 N–H and O–H groups in total. The predicted molar refractivity (Wildman–Crippen MR) is 115 cm³/mol. The van der Waals surface area contributed by atoms with Crippen molar-refractivity contribution >= 4 is 16.8 Å². The van der Waals surface area contributed by atoms with Crippen molar-refractivity contribution in [3.8, 4) is 17.8 Å². The van der Waals surface area contributed by atoms with E-state index in [1.807, 2.05) is 0 Å². The number of nitrogens with zero attached hydrogens (tertiary/aromatic N) is 2. The van der Waals surface area contributed by atoms with Crippen LogP contribution in [0.5, 0.6) is 17.8 Å². The molecule has 2 atom stereocenters. The second-order valence-electron chi connectivity index (χ2n) is 6.49. The summed E-state index contributed by atoms with van der Waals surface area (Å²) in [6.07, 6.45) is -0.174. The number of benzene rings is 2. The lowest BCUT2D eigenvalue weighted by Crippen LogP contribution is -2.52. The van der Waals surface area contributed by atoms with Gasteiger partial charge in [0.05, 0.1) is 20.3 Å². The Kier molecular flexibility index (Phi) is 6.86. The number of hydrogen-bond donors (Lipinski definition) is 1. The Labute approximate surface area is 182 Å². The van der Waals surface area contributed by atoms with E-state index in [-0.39, 0.29) is 17.8 Å². The van der Waals surface area contributed by atoms with E-state index in [0.717, 1.165) is 0 Å². The van der Waals surface area contributed by atoms with E-state index in [9.17, 15) is 14.1 Å². The highest BCUT2D eigenvalue weighted by atomic mass is 32.2. The molecular weight excluding hydrogens is 420 g/mol. The van der Waals surface area contributed by atoms with E-state index >= 15 is 0 Å². The summed E-state index contributed by atoms with van der Waals surface area (Å²) in [5.41, 5.74) is 1.04. The van der Waals surface area contributed by atoms with Gasteiger partial charge in [-0.15, -0.1) is 0 Å². The van der Waals surface area contributed by atoms with Crippen LogP contribution in [0.25, 0.3) is 0 Å². The van der Waals surface area contributed by atoms with E-state index in [1.165, 1.54) is 26.5 Å². The Morgan fingerprint density at radius 2 is 1.39 bits per heavy atom. The molecule has 3 rings (SSSR count). The lowest BCUT2D eigenvalue weighted by Gasteiger charge is -2.37. The van der Waals surface area contributed by atoms with E-state index in [0.29, 0.717) is 11.1 Å². The van der Waals surface area contributed by atoms with Crippen LogP contribution >= 0.6 is 0 Å². The number of carboxylic acid groups (broad SMARTS) is 1. The number of aliphatic carboxylic acids is 1. The van der Waals surface area contributed by atoms with Crippen molar-refractivity contribution in [3.05, 3.63) is 77.9 Å². The molecule has 0 saturated carbocycles. The fraction of sp³-hybridized carbons (Fsp3) is 0.227. The van der Waals surface area contributed by atoms with Crippen LogP contribution in [0.4, 0.5) is 0 Å². The second kappa shape index (κ2) is 9.57. The molecule has 31 heavy (non-hydrogen) atoms. The van der Waals surface area contributed by atoms with Crippen LogP contribution < -0.4 is 14.2 Å². The number of ether oxygens (including phenoxy) is 3. The van der Waals surface area contributed by atoms with E-state index in [2.05, 4.69) is 9.97 Å². The SMILES string of the molecule is COc1cc(OC)nc(OC(C(=O)O)C(c2ccccc2)(c2ccccc2)S(C)=O)n1. The third-order valence-corrected chi connectivity index (χ3v) is 6.34. The molecule has 0 aliphatic carbocycles. The lowest BCUT2D eigenvalue weighted by atomic mass is 9.85. The van der Waals surface area contributed by atoms with Gasteiger partial charge in [-0.05, 0) is 11.1 Å². The van der Waals surface area contributed by atoms with Crippen molar-refractivity contribution in [1.29, 1.82) is 0 Å². The minimum Gasteiger partial charge on any atom is -0.481 e. The van der Waals surface area contributed by atoms with Crippen LogP contribution in [0.3, 0.4) is 0 Å². The Bertz CT molecular complexity index is 1000. The normalized spacial score (nSPS) is 13.1. The van der Waals surface area contributed by atoms with Gasteiger partial charge < -0.3 is 19.3 Å². The molecule has 1 heterocycles. The fourth-order valence-corrected chi connectivity index (χ4v) is 4.77. The average Bonchev–Trinajstić information content (AvgIpc) is 2.79. The zero-order valence-corrected chi connectivity index (χ0v) is 18.0. The molecule has 3 aromatic rings. The quantitative estimate of drug-likeness (QED) is 0.539. The van der Waals surface area contributed by atoms with Crippen molar-refractivity contribution in [2.75, 3.05) is 20.5 Å². The van der Waals surface area contributed by atoms with Crippen LogP contribution in [0, 0.1) is 0 Å². The molecular formula is C22H22N2O6S. The maximum atomic E-state index is 13.3. The minimum atomic E-state index is -1.73. The van der Waals surface area contributed by atoms with Gasteiger partial charge in [-0.25, -0.2) is 4.79 Å². The summed E-state index contributed by atoms with van der Waals surface area (Å²) in [6.45, 7) is 0. The number of carbonyl (C=O) groups is 1. The van der Waals surface area contributed by atoms with Crippen LogP contribution in [0.15, 0.2) is 66.7 Å². The Balaban J connectivity index is 2.25. The number of rotatable bonds is 9. The van der Waals surface area contributed by atoms with E-state index in [4.69, 9.17) is 14.2 Å². The van der Waals surface area contributed by atoms with Gasteiger partial charge in [-0.1, -0.05) is 60.7 Å². The van der Waals surface area contributed by atoms with Crippen molar-refractivity contribution in [3.63, 3.8) is 0 Å². The first kappa shape index (κ1) is 22.2. The number of methoxy groups -OCH3 is 2. The van der Waals surface area contributed by atoms with Gasteiger partial charge in [0.2, 0.25) is 17.9 Å². The van der Waals surface area contributed by atoms with Gasteiger partial charge >= 0.3 is 12.0 Å². The Hall–Kier alpha value is -3.46. The molecule has 2 unspecified atom stereocenters. The number of aromatic nitrogens is 2. The molecule has 0 aliphatic heterocycles. The van der Waals surface area contributed by atoms with Crippen LogP contribution in [0.1, 0.15) is 11.1 Å². The monoisotopic (exact) mass is 442 g/mol. The van der Waals surface area contributed by atoms with Crippen molar-refractivity contribution in [2.24, 2.45) is 0 Å². The fourth-order valence-electron chi connectivity index (χ4n) is 3.38. The number of hydrogen-bond acceptors (Lipinski definition) is 7. The maximum Gasteiger partial charge on any atom is 0.347 e. The zero-order valence-electron chi connectivity index (χ0n) is 17.2. The molecule has 0 bridgehead atoms. The molecule has 0 saturated heterocycles. The molecule has 8 nitrogen and oxygen atoms in total. The molecule has 2 aromatic carbocycles. The van der Waals surface area contributed by atoms with Gasteiger partial charge in [0, 0.05) is 17.1 Å². The summed E-state index contributed by atoms with van der Waals surface area (Å²) in [6, 6.07) is 18.7. The zero-order chi connectivity index (χ0) is 22.4. The van der Waals surface area contributed by atoms with Crippen molar-refractivity contribution in [2.45, 2.75) is 10.9 Å². The van der Waals surface area contributed by atoms with Crippen molar-refractivity contribution < 1.29 is 28.3 Å². The predicted octanol–water partition coefficient (Wildman–Crippen LogP) is 2.65. The van der Waals surface area contributed by atoms with E-state index < -0.39 is 27.6 Å². The van der Waals surface area contributed by atoms with Crippen molar-refractivity contribution in [1.82, 2.24) is 9.97 Å². The Morgan fingerprint density at radius 1 is 0.935 bits per heavy atom. The number of carboxylic acids is 1. The molecule has 9 heteroatoms. The summed E-state index contributed by atoms with van der Waals surface area (Å²) < 4.78 is 27.8. The minimum absolute atomic E-state index is 0.133. The van der Waals surface area contributed by atoms with Gasteiger partial charge in [-0.2, -0.15) is 9.97 Å². The first-order valence-corrected chi connectivity index (χ1v) is 10.8. The summed E-state index contributed by atoms with van der Waals surface area (Å²) in [4.78, 5) is 20.7. The second-order valence-corrected chi connectivity index (χ2v) is 8.05. The summed E-state index contributed by atoms with van der Waals surface area (Å²) in [5.74, 6) is -1.06.